The number of nitrogens with zero attached hydrogens (tertiary/aromatic N) is 1. The maximum atomic E-state index is 13.5. The van der Waals surface area contributed by atoms with Crippen LogP contribution < -0.4 is 5.32 Å². The minimum atomic E-state index is -1.05. The Kier molecular flexibility index (Phi) is 4.30. The summed E-state index contributed by atoms with van der Waals surface area (Å²) in [4.78, 5) is 15.5. The van der Waals surface area contributed by atoms with Gasteiger partial charge in [0.15, 0.2) is 5.82 Å². The Balaban J connectivity index is 1.98. The number of rotatable bonds is 5. The number of amides is 1. The first-order chi connectivity index (χ1) is 9.82. The fourth-order valence-electron chi connectivity index (χ4n) is 2.64. The number of carbonyl (C=O) groups is 1. The summed E-state index contributed by atoms with van der Waals surface area (Å²) in [6, 6.07) is 1.31. The third-order valence-electron chi connectivity index (χ3n) is 4.45. The van der Waals surface area contributed by atoms with Crippen LogP contribution in [0.4, 0.5) is 4.39 Å². The van der Waals surface area contributed by atoms with E-state index in [4.69, 9.17) is 4.74 Å². The highest BCUT2D eigenvalue weighted by molar-refractivity contribution is 5.94. The summed E-state index contributed by atoms with van der Waals surface area (Å²) in [5.41, 5.74) is -1.59. The van der Waals surface area contributed by atoms with Crippen LogP contribution in [0.2, 0.25) is 0 Å². The van der Waals surface area contributed by atoms with E-state index in [0.29, 0.717) is 13.0 Å². The standard InChI is InChI=1S/C15H21FN2O3/c1-4-21-12-7-15(20,14(12,2)3)9-18-13(19)10-5-6-17-8-11(10)16/h5-6,8,12,20H,4,7,9H2,1-3H3,(H,18,19)/t12-,15+/m1/s1. The first-order valence-corrected chi connectivity index (χ1v) is 7.03. The van der Waals surface area contributed by atoms with Crippen LogP contribution >= 0.6 is 0 Å². The lowest BCUT2D eigenvalue weighted by atomic mass is 9.56. The molecule has 1 aromatic rings. The number of pyridine rings is 1. The van der Waals surface area contributed by atoms with Gasteiger partial charge in [-0.15, -0.1) is 0 Å². The molecule has 6 heteroatoms. The number of hydrogen-bond donors (Lipinski definition) is 2. The van der Waals surface area contributed by atoms with Crippen molar-refractivity contribution in [3.8, 4) is 0 Å². The Hall–Kier alpha value is -1.53. The molecule has 0 aliphatic heterocycles. The minimum Gasteiger partial charge on any atom is -0.387 e. The molecule has 1 aliphatic carbocycles. The Morgan fingerprint density at radius 1 is 1.62 bits per heavy atom. The zero-order valence-electron chi connectivity index (χ0n) is 12.5. The summed E-state index contributed by atoms with van der Waals surface area (Å²) in [5, 5.41) is 13.2. The lowest BCUT2D eigenvalue weighted by Crippen LogP contribution is -2.68. The molecule has 21 heavy (non-hydrogen) atoms. The van der Waals surface area contributed by atoms with Crippen LogP contribution in [0.1, 0.15) is 37.6 Å². The molecule has 2 atom stereocenters. The van der Waals surface area contributed by atoms with E-state index in [-0.39, 0.29) is 18.2 Å². The molecule has 1 amide bonds. The topological polar surface area (TPSA) is 71.5 Å². The highest BCUT2D eigenvalue weighted by Crippen LogP contribution is 2.50. The highest BCUT2D eigenvalue weighted by atomic mass is 19.1. The van der Waals surface area contributed by atoms with Gasteiger partial charge in [-0.1, -0.05) is 13.8 Å². The van der Waals surface area contributed by atoms with Gasteiger partial charge in [-0.25, -0.2) is 4.39 Å². The second kappa shape index (κ2) is 5.69. The van der Waals surface area contributed by atoms with Crippen molar-refractivity contribution in [2.75, 3.05) is 13.2 Å². The maximum Gasteiger partial charge on any atom is 0.254 e. The third kappa shape index (κ3) is 2.78. The summed E-state index contributed by atoms with van der Waals surface area (Å²) in [5.74, 6) is -1.24. The van der Waals surface area contributed by atoms with E-state index in [9.17, 15) is 14.3 Å². The third-order valence-corrected chi connectivity index (χ3v) is 4.45. The maximum absolute atomic E-state index is 13.5. The molecule has 0 spiro atoms. The molecule has 2 rings (SSSR count). The molecule has 1 heterocycles. The van der Waals surface area contributed by atoms with Gasteiger partial charge in [-0.2, -0.15) is 0 Å². The summed E-state index contributed by atoms with van der Waals surface area (Å²) in [6.45, 7) is 6.34. The van der Waals surface area contributed by atoms with Gasteiger partial charge >= 0.3 is 0 Å². The van der Waals surface area contributed by atoms with Crippen LogP contribution in [0.5, 0.6) is 0 Å². The Labute approximate surface area is 123 Å². The number of halogens is 1. The van der Waals surface area contributed by atoms with Crippen molar-refractivity contribution in [3.63, 3.8) is 0 Å². The molecule has 5 nitrogen and oxygen atoms in total. The Morgan fingerprint density at radius 3 is 2.90 bits per heavy atom. The van der Waals surface area contributed by atoms with E-state index >= 15 is 0 Å². The van der Waals surface area contributed by atoms with Crippen LogP contribution in [0, 0.1) is 11.2 Å². The van der Waals surface area contributed by atoms with E-state index in [1.165, 1.54) is 12.3 Å². The Morgan fingerprint density at radius 2 is 2.33 bits per heavy atom. The molecule has 0 unspecified atom stereocenters. The van der Waals surface area contributed by atoms with Crippen LogP contribution in [-0.4, -0.2) is 40.9 Å². The predicted molar refractivity (Wildman–Crippen MR) is 75.3 cm³/mol. The molecule has 0 saturated heterocycles. The monoisotopic (exact) mass is 296 g/mol. The lowest BCUT2D eigenvalue weighted by Gasteiger charge is -2.57. The molecule has 1 fully saturated rings. The van der Waals surface area contributed by atoms with Crippen molar-refractivity contribution in [3.05, 3.63) is 29.8 Å². The molecule has 0 aromatic carbocycles. The number of hydrogen-bond acceptors (Lipinski definition) is 4. The zero-order valence-corrected chi connectivity index (χ0v) is 12.5. The molecule has 1 aromatic heterocycles. The van der Waals surface area contributed by atoms with Crippen LogP contribution in [-0.2, 0) is 4.74 Å². The number of carbonyl (C=O) groups excluding carboxylic acids is 1. The van der Waals surface area contributed by atoms with Crippen LogP contribution in [0.3, 0.4) is 0 Å². The second-order valence-electron chi connectivity index (χ2n) is 5.94. The molecule has 116 valence electrons. The molecular formula is C15H21FN2O3. The number of ether oxygens (including phenoxy) is 1. The fraction of sp³-hybridized carbons (Fsp3) is 0.600. The SMILES string of the molecule is CCO[C@@H]1C[C@](O)(CNC(=O)c2ccncc2F)C1(C)C. The first kappa shape index (κ1) is 15.9. The van der Waals surface area contributed by atoms with Crippen molar-refractivity contribution in [1.29, 1.82) is 0 Å². The van der Waals surface area contributed by atoms with Gasteiger partial charge < -0.3 is 15.2 Å². The van der Waals surface area contributed by atoms with Crippen molar-refractivity contribution in [2.24, 2.45) is 5.41 Å². The van der Waals surface area contributed by atoms with Gasteiger partial charge in [-0.3, -0.25) is 9.78 Å². The molecular weight excluding hydrogens is 275 g/mol. The van der Waals surface area contributed by atoms with Crippen molar-refractivity contribution in [1.82, 2.24) is 10.3 Å². The summed E-state index contributed by atoms with van der Waals surface area (Å²) in [7, 11) is 0. The van der Waals surface area contributed by atoms with E-state index in [1.807, 2.05) is 20.8 Å². The normalized spacial score (nSPS) is 27.0. The van der Waals surface area contributed by atoms with Crippen molar-refractivity contribution >= 4 is 5.91 Å². The quantitative estimate of drug-likeness (QED) is 0.864. The minimum absolute atomic E-state index is 0.0398. The predicted octanol–water partition coefficient (Wildman–Crippen LogP) is 1.52. The number of aliphatic hydroxyl groups is 1. The molecule has 2 N–H and O–H groups in total. The van der Waals surface area contributed by atoms with E-state index < -0.39 is 22.7 Å². The lowest BCUT2D eigenvalue weighted by molar-refractivity contribution is -0.237. The Bertz CT molecular complexity index is 535. The number of nitrogens with one attached hydrogen (secondary N) is 1. The molecule has 0 bridgehead atoms. The molecule has 1 saturated carbocycles. The number of aromatic nitrogens is 1. The van der Waals surface area contributed by atoms with Crippen LogP contribution in [0.15, 0.2) is 18.5 Å². The molecule has 0 radical (unpaired) electrons. The van der Waals surface area contributed by atoms with E-state index in [2.05, 4.69) is 10.3 Å². The van der Waals surface area contributed by atoms with Gasteiger partial charge in [0.25, 0.3) is 5.91 Å². The van der Waals surface area contributed by atoms with E-state index in [1.54, 1.807) is 0 Å². The van der Waals surface area contributed by atoms with Gasteiger partial charge in [0.05, 0.1) is 23.5 Å². The summed E-state index contributed by atoms with van der Waals surface area (Å²) in [6.07, 6.45) is 2.75. The van der Waals surface area contributed by atoms with Gasteiger partial charge in [0, 0.05) is 31.2 Å². The zero-order chi connectivity index (χ0) is 15.7. The van der Waals surface area contributed by atoms with Gasteiger partial charge in [0.2, 0.25) is 0 Å². The summed E-state index contributed by atoms with van der Waals surface area (Å²) >= 11 is 0. The largest absolute Gasteiger partial charge is 0.387 e. The van der Waals surface area contributed by atoms with Crippen molar-refractivity contribution in [2.45, 2.75) is 38.9 Å². The van der Waals surface area contributed by atoms with Gasteiger partial charge in [-0.05, 0) is 13.0 Å². The second-order valence-corrected chi connectivity index (χ2v) is 5.94. The average molecular weight is 296 g/mol. The smallest absolute Gasteiger partial charge is 0.254 e. The fourth-order valence-corrected chi connectivity index (χ4v) is 2.64. The van der Waals surface area contributed by atoms with Crippen LogP contribution in [0.25, 0.3) is 0 Å². The van der Waals surface area contributed by atoms with Gasteiger partial charge in [0.1, 0.15) is 0 Å². The van der Waals surface area contributed by atoms with Crippen molar-refractivity contribution < 1.29 is 19.0 Å². The first-order valence-electron chi connectivity index (χ1n) is 7.03. The van der Waals surface area contributed by atoms with E-state index in [0.717, 1.165) is 6.20 Å². The summed E-state index contributed by atoms with van der Waals surface area (Å²) < 4.78 is 19.0. The molecule has 1 aliphatic rings. The average Bonchev–Trinajstić information content (AvgIpc) is 2.45. The highest BCUT2D eigenvalue weighted by Gasteiger charge is 2.59.